The first-order chi connectivity index (χ1) is 8.31. The highest BCUT2D eigenvalue weighted by atomic mass is 35.5. The molecule has 1 aromatic rings. The Hall–Kier alpha value is -0.930. The van der Waals surface area contributed by atoms with Crippen LogP contribution in [0, 0.1) is 0 Å². The van der Waals surface area contributed by atoms with Crippen LogP contribution in [0.3, 0.4) is 0 Å². The highest BCUT2D eigenvalue weighted by Gasteiger charge is 2.15. The predicted octanol–water partition coefficient (Wildman–Crippen LogP) is 2.54. The van der Waals surface area contributed by atoms with Crippen LogP contribution in [-0.2, 0) is 0 Å². The summed E-state index contributed by atoms with van der Waals surface area (Å²) < 4.78 is 5.77. The number of rotatable bonds is 4. The molecule has 0 bridgehead atoms. The van der Waals surface area contributed by atoms with Crippen LogP contribution in [-0.4, -0.2) is 32.8 Å². The lowest BCUT2D eigenvalue weighted by Gasteiger charge is -2.30. The summed E-state index contributed by atoms with van der Waals surface area (Å²) in [5.41, 5.74) is 1.12. The Bertz CT molecular complexity index is 364. The van der Waals surface area contributed by atoms with Gasteiger partial charge in [-0.15, -0.1) is 0 Å². The van der Waals surface area contributed by atoms with Crippen LogP contribution in [0.5, 0.6) is 5.75 Å². The molecule has 0 atom stereocenters. The first-order valence-corrected chi connectivity index (χ1v) is 6.57. The van der Waals surface area contributed by atoms with Gasteiger partial charge in [0.1, 0.15) is 5.75 Å². The molecule has 3 nitrogen and oxygen atoms in total. The second-order valence-electron chi connectivity index (χ2n) is 4.20. The maximum absolute atomic E-state index is 6.07. The molecule has 1 heterocycles. The Morgan fingerprint density at radius 2 is 2.12 bits per heavy atom. The monoisotopic (exact) mass is 254 g/mol. The third-order valence-electron chi connectivity index (χ3n) is 2.84. The van der Waals surface area contributed by atoms with Gasteiger partial charge in [0.15, 0.2) is 0 Å². The molecule has 1 fully saturated rings. The number of benzene rings is 1. The molecule has 94 valence electrons. The Kier molecular flexibility index (Phi) is 4.51. The van der Waals surface area contributed by atoms with E-state index >= 15 is 0 Å². The van der Waals surface area contributed by atoms with Crippen molar-refractivity contribution in [3.05, 3.63) is 23.2 Å². The maximum atomic E-state index is 6.07. The standard InChI is InChI=1S/C13H19ClN2O/c1-2-9-17-13-4-3-11(14)10-12(13)16-7-5-15-6-8-16/h3-4,10,15H,2,5-9H2,1H3. The van der Waals surface area contributed by atoms with Gasteiger partial charge < -0.3 is 15.0 Å². The van der Waals surface area contributed by atoms with Gasteiger partial charge in [-0.05, 0) is 24.6 Å². The van der Waals surface area contributed by atoms with E-state index in [1.54, 1.807) is 0 Å². The van der Waals surface area contributed by atoms with Crippen molar-refractivity contribution in [2.24, 2.45) is 0 Å². The lowest BCUT2D eigenvalue weighted by atomic mass is 10.2. The summed E-state index contributed by atoms with van der Waals surface area (Å²) >= 11 is 6.07. The predicted molar refractivity (Wildman–Crippen MR) is 72.3 cm³/mol. The van der Waals surface area contributed by atoms with Crippen LogP contribution < -0.4 is 15.0 Å². The SMILES string of the molecule is CCCOc1ccc(Cl)cc1N1CCNCC1. The largest absolute Gasteiger partial charge is 0.491 e. The maximum Gasteiger partial charge on any atom is 0.142 e. The van der Waals surface area contributed by atoms with Crippen molar-refractivity contribution in [2.45, 2.75) is 13.3 Å². The third kappa shape index (κ3) is 3.27. The molecule has 17 heavy (non-hydrogen) atoms. The van der Waals surface area contributed by atoms with Crippen molar-refractivity contribution in [2.75, 3.05) is 37.7 Å². The molecule has 0 aliphatic carbocycles. The van der Waals surface area contributed by atoms with Gasteiger partial charge in [-0.2, -0.15) is 0 Å². The van der Waals surface area contributed by atoms with Crippen molar-refractivity contribution in [3.63, 3.8) is 0 Å². The lowest BCUT2D eigenvalue weighted by Crippen LogP contribution is -2.43. The van der Waals surface area contributed by atoms with Crippen molar-refractivity contribution >= 4 is 17.3 Å². The molecule has 1 N–H and O–H groups in total. The Morgan fingerprint density at radius 1 is 1.35 bits per heavy atom. The Balaban J connectivity index is 2.19. The zero-order chi connectivity index (χ0) is 12.1. The van der Waals surface area contributed by atoms with Crippen LogP contribution in [0.1, 0.15) is 13.3 Å². The Morgan fingerprint density at radius 3 is 2.82 bits per heavy atom. The zero-order valence-corrected chi connectivity index (χ0v) is 11.0. The summed E-state index contributed by atoms with van der Waals surface area (Å²) in [4.78, 5) is 2.33. The summed E-state index contributed by atoms with van der Waals surface area (Å²) in [5.74, 6) is 0.943. The number of hydrogen-bond acceptors (Lipinski definition) is 3. The number of halogens is 1. The van der Waals surface area contributed by atoms with Gasteiger partial charge in [-0.1, -0.05) is 18.5 Å². The lowest BCUT2D eigenvalue weighted by molar-refractivity contribution is 0.317. The summed E-state index contributed by atoms with van der Waals surface area (Å²) in [7, 11) is 0. The average Bonchev–Trinajstić information content (AvgIpc) is 2.38. The van der Waals surface area contributed by atoms with Gasteiger partial charge in [-0.3, -0.25) is 0 Å². The molecule has 0 unspecified atom stereocenters. The molecule has 1 aliphatic heterocycles. The van der Waals surface area contributed by atoms with Crippen LogP contribution in [0.2, 0.25) is 5.02 Å². The summed E-state index contributed by atoms with van der Waals surface area (Å²) in [6.45, 7) is 6.90. The van der Waals surface area contributed by atoms with E-state index in [1.165, 1.54) is 0 Å². The fraction of sp³-hybridized carbons (Fsp3) is 0.538. The molecule has 0 amide bonds. The van der Waals surface area contributed by atoms with Crippen molar-refractivity contribution in [1.29, 1.82) is 0 Å². The fourth-order valence-corrected chi connectivity index (χ4v) is 2.14. The minimum atomic E-state index is 0.751. The number of piperazine rings is 1. The molecular weight excluding hydrogens is 236 g/mol. The van der Waals surface area contributed by atoms with Crippen LogP contribution in [0.15, 0.2) is 18.2 Å². The van der Waals surface area contributed by atoms with Gasteiger partial charge in [0.05, 0.1) is 12.3 Å². The minimum absolute atomic E-state index is 0.751. The highest BCUT2D eigenvalue weighted by molar-refractivity contribution is 6.30. The molecule has 0 saturated carbocycles. The molecule has 0 radical (unpaired) electrons. The second kappa shape index (κ2) is 6.12. The third-order valence-corrected chi connectivity index (χ3v) is 3.08. The van der Waals surface area contributed by atoms with Crippen molar-refractivity contribution < 1.29 is 4.74 Å². The summed E-state index contributed by atoms with van der Waals surface area (Å²) in [5, 5.41) is 4.11. The quantitative estimate of drug-likeness (QED) is 0.894. The van der Waals surface area contributed by atoms with Gasteiger partial charge in [0.2, 0.25) is 0 Å². The van der Waals surface area contributed by atoms with E-state index in [0.717, 1.165) is 55.7 Å². The summed E-state index contributed by atoms with van der Waals surface area (Å²) in [6, 6.07) is 5.85. The van der Waals surface area contributed by atoms with Crippen LogP contribution in [0.4, 0.5) is 5.69 Å². The van der Waals surface area contributed by atoms with E-state index in [-0.39, 0.29) is 0 Å². The molecule has 2 rings (SSSR count). The number of hydrogen-bond donors (Lipinski definition) is 1. The highest BCUT2D eigenvalue weighted by Crippen LogP contribution is 2.31. The smallest absolute Gasteiger partial charge is 0.142 e. The van der Waals surface area contributed by atoms with Crippen molar-refractivity contribution in [1.82, 2.24) is 5.32 Å². The van der Waals surface area contributed by atoms with E-state index in [0.29, 0.717) is 0 Å². The first kappa shape index (κ1) is 12.5. The molecular formula is C13H19ClN2O. The van der Waals surface area contributed by atoms with E-state index in [1.807, 2.05) is 18.2 Å². The van der Waals surface area contributed by atoms with Crippen LogP contribution in [0.25, 0.3) is 0 Å². The molecule has 1 aromatic carbocycles. The first-order valence-electron chi connectivity index (χ1n) is 6.19. The molecule has 1 aliphatic rings. The Labute approximate surface area is 108 Å². The average molecular weight is 255 g/mol. The molecule has 0 aromatic heterocycles. The molecule has 0 spiro atoms. The van der Waals surface area contributed by atoms with E-state index in [9.17, 15) is 0 Å². The van der Waals surface area contributed by atoms with Gasteiger partial charge in [0, 0.05) is 31.2 Å². The zero-order valence-electron chi connectivity index (χ0n) is 10.2. The fourth-order valence-electron chi connectivity index (χ4n) is 1.98. The normalized spacial score (nSPS) is 16.0. The minimum Gasteiger partial charge on any atom is -0.491 e. The molecule has 4 heteroatoms. The second-order valence-corrected chi connectivity index (χ2v) is 4.63. The summed E-state index contributed by atoms with van der Waals surface area (Å²) in [6.07, 6.45) is 1.02. The van der Waals surface area contributed by atoms with Gasteiger partial charge in [0.25, 0.3) is 0 Å². The number of nitrogens with one attached hydrogen (secondary N) is 1. The number of nitrogens with zero attached hydrogens (tertiary/aromatic N) is 1. The van der Waals surface area contributed by atoms with E-state index in [2.05, 4.69) is 17.1 Å². The van der Waals surface area contributed by atoms with E-state index in [4.69, 9.17) is 16.3 Å². The topological polar surface area (TPSA) is 24.5 Å². The van der Waals surface area contributed by atoms with Crippen molar-refractivity contribution in [3.8, 4) is 5.75 Å². The van der Waals surface area contributed by atoms with Gasteiger partial charge in [-0.25, -0.2) is 0 Å². The number of anilines is 1. The van der Waals surface area contributed by atoms with Crippen LogP contribution >= 0.6 is 11.6 Å². The number of ether oxygens (including phenoxy) is 1. The molecule has 1 saturated heterocycles. The van der Waals surface area contributed by atoms with E-state index < -0.39 is 0 Å². The van der Waals surface area contributed by atoms with Gasteiger partial charge >= 0.3 is 0 Å².